The average molecular weight is 284 g/mol. The lowest BCUT2D eigenvalue weighted by Gasteiger charge is -2.34. The molecule has 0 aromatic rings. The number of carboxylic acid groups (broad SMARTS) is 1. The SMILES string of the molecule is O=C(O)CCC1CCCN(CC(=O)N2CCOCC2)C1. The quantitative estimate of drug-likeness (QED) is 0.792. The molecule has 2 rings (SSSR count). The van der Waals surface area contributed by atoms with E-state index >= 15 is 0 Å². The fourth-order valence-electron chi connectivity index (χ4n) is 2.96. The molecule has 0 radical (unpaired) electrons. The Balaban J connectivity index is 1.74. The van der Waals surface area contributed by atoms with Crippen molar-refractivity contribution in [2.45, 2.75) is 25.7 Å². The van der Waals surface area contributed by atoms with Gasteiger partial charge in [-0.1, -0.05) is 0 Å². The molecular formula is C14H24N2O4. The molecule has 1 unspecified atom stereocenters. The number of aliphatic carboxylic acids is 1. The minimum Gasteiger partial charge on any atom is -0.481 e. The molecule has 0 aromatic heterocycles. The van der Waals surface area contributed by atoms with Gasteiger partial charge in [0.2, 0.25) is 5.91 Å². The lowest BCUT2D eigenvalue weighted by Crippen LogP contribution is -2.47. The number of nitrogens with zero attached hydrogens (tertiary/aromatic N) is 2. The van der Waals surface area contributed by atoms with E-state index in [1.165, 1.54) is 0 Å². The Bertz CT molecular complexity index is 342. The number of rotatable bonds is 5. The molecule has 2 fully saturated rings. The summed E-state index contributed by atoms with van der Waals surface area (Å²) < 4.78 is 5.25. The molecule has 6 nitrogen and oxygen atoms in total. The summed E-state index contributed by atoms with van der Waals surface area (Å²) in [7, 11) is 0. The first-order valence-corrected chi connectivity index (χ1v) is 7.45. The molecule has 2 aliphatic rings. The van der Waals surface area contributed by atoms with E-state index in [2.05, 4.69) is 4.90 Å². The zero-order chi connectivity index (χ0) is 14.4. The summed E-state index contributed by atoms with van der Waals surface area (Å²) in [6.07, 6.45) is 3.09. The number of carbonyl (C=O) groups is 2. The normalized spacial score (nSPS) is 24.6. The number of likely N-dealkylation sites (tertiary alicyclic amines) is 1. The molecule has 114 valence electrons. The summed E-state index contributed by atoms with van der Waals surface area (Å²) in [5.41, 5.74) is 0. The summed E-state index contributed by atoms with van der Waals surface area (Å²) in [4.78, 5) is 26.8. The molecule has 0 bridgehead atoms. The van der Waals surface area contributed by atoms with Crippen LogP contribution in [-0.4, -0.2) is 72.7 Å². The Hall–Kier alpha value is -1.14. The summed E-state index contributed by atoms with van der Waals surface area (Å²) >= 11 is 0. The van der Waals surface area contributed by atoms with Gasteiger partial charge in [-0.3, -0.25) is 14.5 Å². The fraction of sp³-hybridized carbons (Fsp3) is 0.857. The third kappa shape index (κ3) is 4.76. The van der Waals surface area contributed by atoms with Crippen molar-refractivity contribution in [1.82, 2.24) is 9.80 Å². The Labute approximate surface area is 119 Å². The Kier molecular flexibility index (Phi) is 5.79. The van der Waals surface area contributed by atoms with Crippen LogP contribution < -0.4 is 0 Å². The standard InChI is InChI=1S/C14H24N2O4/c17-13(16-6-8-20-9-7-16)11-15-5-1-2-12(10-15)3-4-14(18)19/h12H,1-11H2,(H,18,19). The van der Waals surface area contributed by atoms with Crippen molar-refractivity contribution >= 4 is 11.9 Å². The van der Waals surface area contributed by atoms with E-state index in [9.17, 15) is 9.59 Å². The highest BCUT2D eigenvalue weighted by Gasteiger charge is 2.24. The van der Waals surface area contributed by atoms with Gasteiger partial charge in [0.05, 0.1) is 19.8 Å². The second-order valence-corrected chi connectivity index (χ2v) is 5.67. The first-order valence-electron chi connectivity index (χ1n) is 7.45. The molecule has 1 N–H and O–H groups in total. The average Bonchev–Trinajstić information content (AvgIpc) is 2.46. The van der Waals surface area contributed by atoms with Crippen molar-refractivity contribution in [3.63, 3.8) is 0 Å². The number of amides is 1. The first kappa shape index (κ1) is 15.3. The highest BCUT2D eigenvalue weighted by molar-refractivity contribution is 5.78. The topological polar surface area (TPSA) is 70.1 Å². The minimum absolute atomic E-state index is 0.173. The van der Waals surface area contributed by atoms with Crippen LogP contribution in [-0.2, 0) is 14.3 Å². The second-order valence-electron chi connectivity index (χ2n) is 5.67. The molecule has 1 amide bonds. The maximum absolute atomic E-state index is 12.2. The van der Waals surface area contributed by atoms with Gasteiger partial charge in [-0.25, -0.2) is 0 Å². The maximum Gasteiger partial charge on any atom is 0.303 e. The van der Waals surface area contributed by atoms with Crippen LogP contribution in [0.3, 0.4) is 0 Å². The van der Waals surface area contributed by atoms with Crippen molar-refractivity contribution < 1.29 is 19.4 Å². The molecule has 0 aromatic carbocycles. The van der Waals surface area contributed by atoms with Crippen molar-refractivity contribution in [1.29, 1.82) is 0 Å². The number of carboxylic acids is 1. The molecule has 2 aliphatic heterocycles. The molecule has 0 aliphatic carbocycles. The van der Waals surface area contributed by atoms with E-state index in [1.54, 1.807) is 0 Å². The monoisotopic (exact) mass is 284 g/mol. The van der Waals surface area contributed by atoms with Gasteiger partial charge in [0, 0.05) is 26.1 Å². The minimum atomic E-state index is -0.730. The number of ether oxygens (including phenoxy) is 1. The van der Waals surface area contributed by atoms with E-state index in [4.69, 9.17) is 9.84 Å². The third-order valence-electron chi connectivity index (χ3n) is 4.09. The maximum atomic E-state index is 12.2. The van der Waals surface area contributed by atoms with Gasteiger partial charge in [0.1, 0.15) is 0 Å². The zero-order valence-corrected chi connectivity index (χ0v) is 11.9. The molecule has 0 spiro atoms. The number of piperidine rings is 1. The predicted molar refractivity (Wildman–Crippen MR) is 73.4 cm³/mol. The smallest absolute Gasteiger partial charge is 0.303 e. The first-order chi connectivity index (χ1) is 9.65. The summed E-state index contributed by atoms with van der Waals surface area (Å²) in [5, 5.41) is 8.74. The highest BCUT2D eigenvalue weighted by Crippen LogP contribution is 2.21. The van der Waals surface area contributed by atoms with E-state index in [0.717, 1.165) is 32.4 Å². The van der Waals surface area contributed by atoms with Crippen molar-refractivity contribution in [3.8, 4) is 0 Å². The van der Waals surface area contributed by atoms with Gasteiger partial charge in [0.15, 0.2) is 0 Å². The van der Waals surface area contributed by atoms with Crippen LogP contribution in [0, 0.1) is 5.92 Å². The van der Waals surface area contributed by atoms with Crippen LogP contribution in [0.1, 0.15) is 25.7 Å². The summed E-state index contributed by atoms with van der Waals surface area (Å²) in [6, 6.07) is 0. The lowest BCUT2D eigenvalue weighted by atomic mass is 9.93. The van der Waals surface area contributed by atoms with Crippen LogP contribution in [0.2, 0.25) is 0 Å². The van der Waals surface area contributed by atoms with Gasteiger partial charge < -0.3 is 14.7 Å². The second kappa shape index (κ2) is 7.59. The van der Waals surface area contributed by atoms with Gasteiger partial charge in [-0.15, -0.1) is 0 Å². The Morgan fingerprint density at radius 2 is 1.95 bits per heavy atom. The van der Waals surface area contributed by atoms with Crippen LogP contribution in [0.15, 0.2) is 0 Å². The fourth-order valence-corrected chi connectivity index (χ4v) is 2.96. The largest absolute Gasteiger partial charge is 0.481 e. The molecule has 2 heterocycles. The molecular weight excluding hydrogens is 260 g/mol. The summed E-state index contributed by atoms with van der Waals surface area (Å²) in [6.45, 7) is 4.90. The van der Waals surface area contributed by atoms with Gasteiger partial charge in [-0.2, -0.15) is 0 Å². The number of hydrogen-bond donors (Lipinski definition) is 1. The van der Waals surface area contributed by atoms with E-state index < -0.39 is 5.97 Å². The van der Waals surface area contributed by atoms with Crippen LogP contribution in [0.4, 0.5) is 0 Å². The zero-order valence-electron chi connectivity index (χ0n) is 11.9. The molecule has 1 atom stereocenters. The van der Waals surface area contributed by atoms with Gasteiger partial charge >= 0.3 is 5.97 Å². The van der Waals surface area contributed by atoms with Gasteiger partial charge in [-0.05, 0) is 31.7 Å². The van der Waals surface area contributed by atoms with Crippen molar-refractivity contribution in [2.24, 2.45) is 5.92 Å². The number of morpholine rings is 1. The van der Waals surface area contributed by atoms with Crippen LogP contribution in [0.25, 0.3) is 0 Å². The predicted octanol–water partition coefficient (Wildman–Crippen LogP) is 0.422. The molecule has 2 saturated heterocycles. The van der Waals surface area contributed by atoms with Crippen LogP contribution in [0.5, 0.6) is 0 Å². The Morgan fingerprint density at radius 1 is 1.20 bits per heavy atom. The molecule has 6 heteroatoms. The highest BCUT2D eigenvalue weighted by atomic mass is 16.5. The summed E-state index contributed by atoms with van der Waals surface area (Å²) in [5.74, 6) is -0.143. The van der Waals surface area contributed by atoms with Crippen molar-refractivity contribution in [2.75, 3.05) is 45.9 Å². The Morgan fingerprint density at radius 3 is 2.65 bits per heavy atom. The number of carbonyl (C=O) groups excluding carboxylic acids is 1. The lowest BCUT2D eigenvalue weighted by molar-refractivity contribution is -0.138. The van der Waals surface area contributed by atoms with Crippen molar-refractivity contribution in [3.05, 3.63) is 0 Å². The third-order valence-corrected chi connectivity index (χ3v) is 4.09. The molecule has 0 saturated carbocycles. The van der Waals surface area contributed by atoms with Gasteiger partial charge in [0.25, 0.3) is 0 Å². The van der Waals surface area contributed by atoms with E-state index in [-0.39, 0.29) is 12.3 Å². The van der Waals surface area contributed by atoms with E-state index in [0.29, 0.717) is 38.8 Å². The van der Waals surface area contributed by atoms with Crippen LogP contribution >= 0.6 is 0 Å². The number of hydrogen-bond acceptors (Lipinski definition) is 4. The van der Waals surface area contributed by atoms with E-state index in [1.807, 2.05) is 4.90 Å². The molecule has 20 heavy (non-hydrogen) atoms.